The summed E-state index contributed by atoms with van der Waals surface area (Å²) in [6, 6.07) is 71.8. The summed E-state index contributed by atoms with van der Waals surface area (Å²) in [5.74, 6) is 0.331. The minimum Gasteiger partial charge on any atom is -0.507 e. The third-order valence-corrected chi connectivity index (χ3v) is 13.2. The SMILES string of the molecule is Oc1c(CN[C@@H]2CCCC[C@H]2N=Cc2cc(-c3c(-c4ccccc4)ccc4ccccc34)c3ccccc3c2)cc2ccccc2c1-c1c(-c2ccccc2)ccc2ccccc12. The quantitative estimate of drug-likeness (QED) is 0.143. The van der Waals surface area contributed by atoms with Gasteiger partial charge in [-0.3, -0.25) is 4.99 Å². The molecule has 10 aromatic carbocycles. The second-order valence-corrected chi connectivity index (χ2v) is 17.0. The van der Waals surface area contributed by atoms with Crippen molar-refractivity contribution >= 4 is 49.3 Å². The van der Waals surface area contributed by atoms with E-state index in [1.54, 1.807) is 0 Å². The van der Waals surface area contributed by atoms with E-state index in [-0.39, 0.29) is 12.1 Å². The Balaban J connectivity index is 0.956. The molecule has 0 heterocycles. The molecule has 3 nitrogen and oxygen atoms in total. The van der Waals surface area contributed by atoms with Gasteiger partial charge in [-0.25, -0.2) is 0 Å². The van der Waals surface area contributed by atoms with Gasteiger partial charge in [0.05, 0.1) is 6.04 Å². The minimum absolute atomic E-state index is 0.107. The first-order chi connectivity index (χ1) is 31.2. The maximum Gasteiger partial charge on any atom is 0.128 e. The Morgan fingerprint density at radius 2 is 0.968 bits per heavy atom. The number of phenols is 1. The molecule has 0 unspecified atom stereocenters. The van der Waals surface area contributed by atoms with Crippen molar-refractivity contribution in [3.63, 3.8) is 0 Å². The van der Waals surface area contributed by atoms with Crippen molar-refractivity contribution in [2.75, 3.05) is 0 Å². The molecule has 1 aliphatic rings. The topological polar surface area (TPSA) is 44.6 Å². The van der Waals surface area contributed by atoms with Gasteiger partial charge < -0.3 is 10.4 Å². The lowest BCUT2D eigenvalue weighted by molar-refractivity contribution is 0.327. The molecule has 0 aliphatic heterocycles. The van der Waals surface area contributed by atoms with Gasteiger partial charge >= 0.3 is 0 Å². The number of rotatable bonds is 9. The normalized spacial score (nSPS) is 15.5. The monoisotopic (exact) mass is 812 g/mol. The van der Waals surface area contributed by atoms with Crippen molar-refractivity contribution in [2.45, 2.75) is 44.3 Å². The van der Waals surface area contributed by atoms with Gasteiger partial charge in [0.1, 0.15) is 5.75 Å². The van der Waals surface area contributed by atoms with Crippen LogP contribution in [-0.4, -0.2) is 23.4 Å². The van der Waals surface area contributed by atoms with Crippen LogP contribution in [0, 0.1) is 0 Å². The second kappa shape index (κ2) is 16.9. The van der Waals surface area contributed by atoms with Crippen LogP contribution in [0.25, 0.3) is 87.6 Å². The molecular weight excluding hydrogens is 765 g/mol. The number of fused-ring (bicyclic) bond motifs is 4. The lowest BCUT2D eigenvalue weighted by Crippen LogP contribution is -2.40. The molecule has 2 N–H and O–H groups in total. The van der Waals surface area contributed by atoms with E-state index in [1.807, 2.05) is 0 Å². The van der Waals surface area contributed by atoms with Gasteiger partial charge in [-0.2, -0.15) is 0 Å². The maximum atomic E-state index is 12.5. The summed E-state index contributed by atoms with van der Waals surface area (Å²) >= 11 is 0. The first kappa shape index (κ1) is 38.6. The number of hydrogen-bond acceptors (Lipinski definition) is 3. The first-order valence-electron chi connectivity index (χ1n) is 22.4. The Labute approximate surface area is 369 Å². The van der Waals surface area contributed by atoms with Crippen LogP contribution in [0.2, 0.25) is 0 Å². The molecule has 1 fully saturated rings. The summed E-state index contributed by atoms with van der Waals surface area (Å²) in [6.45, 7) is 0.537. The highest BCUT2D eigenvalue weighted by atomic mass is 16.3. The van der Waals surface area contributed by atoms with Gasteiger partial charge in [0.25, 0.3) is 0 Å². The highest BCUT2D eigenvalue weighted by Crippen LogP contribution is 2.47. The smallest absolute Gasteiger partial charge is 0.128 e. The molecule has 0 saturated heterocycles. The molecule has 0 bridgehead atoms. The standard InChI is InChI=1S/C60H48N2O/c63-60-47(37-46-24-10-14-28-51(46)59(60)58-50-27-13-8-22-44(50)32-34-53(58)42-19-5-2-6-20-42)39-62-56-30-16-15-29-55(56)61-38-40-35-45-23-9-11-25-48(45)54(36-40)57-49-26-12-7-21-43(49)31-33-52(57)41-17-3-1-4-18-41/h1-14,17-28,31-38,55-56,62-63H,15-16,29-30,39H2/t55-,56-/m1/s1. The largest absolute Gasteiger partial charge is 0.507 e. The zero-order valence-electron chi connectivity index (χ0n) is 35.2. The highest BCUT2D eigenvalue weighted by molar-refractivity contribution is 6.14. The first-order valence-corrected chi connectivity index (χ1v) is 22.4. The third kappa shape index (κ3) is 7.35. The van der Waals surface area contributed by atoms with E-state index in [9.17, 15) is 5.11 Å². The van der Waals surface area contributed by atoms with E-state index in [1.165, 1.54) is 43.8 Å². The summed E-state index contributed by atoms with van der Waals surface area (Å²) in [6.07, 6.45) is 6.46. The van der Waals surface area contributed by atoms with Crippen LogP contribution >= 0.6 is 0 Å². The van der Waals surface area contributed by atoms with Gasteiger partial charge in [0.2, 0.25) is 0 Å². The van der Waals surface area contributed by atoms with E-state index < -0.39 is 0 Å². The van der Waals surface area contributed by atoms with E-state index in [0.717, 1.165) is 80.6 Å². The number of hydrogen-bond donors (Lipinski definition) is 2. The van der Waals surface area contributed by atoms with Gasteiger partial charge in [0, 0.05) is 35.5 Å². The predicted octanol–water partition coefficient (Wildman–Crippen LogP) is 15.2. The maximum absolute atomic E-state index is 12.5. The number of benzene rings is 10. The lowest BCUT2D eigenvalue weighted by atomic mass is 9.85. The van der Waals surface area contributed by atoms with E-state index in [2.05, 4.69) is 212 Å². The van der Waals surface area contributed by atoms with Crippen LogP contribution in [-0.2, 0) is 6.54 Å². The molecule has 0 spiro atoms. The molecule has 11 rings (SSSR count). The Bertz CT molecular complexity index is 3320. The predicted molar refractivity (Wildman–Crippen MR) is 267 cm³/mol. The molecule has 304 valence electrons. The summed E-state index contributed by atoms with van der Waals surface area (Å²) in [5, 5.41) is 25.8. The summed E-state index contributed by atoms with van der Waals surface area (Å²) in [4.78, 5) is 5.40. The minimum atomic E-state index is 0.107. The third-order valence-electron chi connectivity index (χ3n) is 13.2. The molecule has 0 aromatic heterocycles. The Morgan fingerprint density at radius 1 is 0.460 bits per heavy atom. The van der Waals surface area contributed by atoms with Gasteiger partial charge in [0.15, 0.2) is 0 Å². The van der Waals surface area contributed by atoms with Crippen LogP contribution in [0.3, 0.4) is 0 Å². The lowest BCUT2D eigenvalue weighted by Gasteiger charge is -2.30. The fraction of sp³-hybridized carbons (Fsp3) is 0.117. The fourth-order valence-corrected chi connectivity index (χ4v) is 10.2. The Morgan fingerprint density at radius 3 is 1.62 bits per heavy atom. The molecule has 0 amide bonds. The number of aromatic hydroxyl groups is 1. The number of phenolic OH excluding ortho intramolecular Hbond substituents is 1. The van der Waals surface area contributed by atoms with E-state index in [0.29, 0.717) is 12.3 Å². The van der Waals surface area contributed by atoms with Crippen molar-refractivity contribution < 1.29 is 5.11 Å². The van der Waals surface area contributed by atoms with E-state index >= 15 is 0 Å². The van der Waals surface area contributed by atoms with Crippen molar-refractivity contribution in [3.8, 4) is 50.3 Å². The fourth-order valence-electron chi connectivity index (χ4n) is 10.2. The molecule has 2 atom stereocenters. The number of nitrogens with one attached hydrogen (secondary N) is 1. The summed E-state index contributed by atoms with van der Waals surface area (Å²) in [7, 11) is 0. The van der Waals surface area contributed by atoms with Gasteiger partial charge in [-0.15, -0.1) is 0 Å². The van der Waals surface area contributed by atoms with Gasteiger partial charge in [-0.05, 0) is 113 Å². The van der Waals surface area contributed by atoms with Crippen LogP contribution in [0.15, 0.2) is 205 Å². The molecule has 10 aromatic rings. The number of nitrogens with zero attached hydrogens (tertiary/aromatic N) is 1. The average molecular weight is 813 g/mol. The Hall–Kier alpha value is -7.33. The molecule has 0 radical (unpaired) electrons. The average Bonchev–Trinajstić information content (AvgIpc) is 3.35. The molecular formula is C60H48N2O. The zero-order chi connectivity index (χ0) is 42.1. The van der Waals surface area contributed by atoms with Crippen molar-refractivity contribution in [2.24, 2.45) is 4.99 Å². The summed E-state index contributed by atoms with van der Waals surface area (Å²) < 4.78 is 0. The molecule has 63 heavy (non-hydrogen) atoms. The van der Waals surface area contributed by atoms with Crippen molar-refractivity contribution in [1.82, 2.24) is 5.32 Å². The van der Waals surface area contributed by atoms with Crippen molar-refractivity contribution in [1.29, 1.82) is 0 Å². The second-order valence-electron chi connectivity index (χ2n) is 17.0. The zero-order valence-corrected chi connectivity index (χ0v) is 35.2. The van der Waals surface area contributed by atoms with E-state index in [4.69, 9.17) is 4.99 Å². The summed E-state index contributed by atoms with van der Waals surface area (Å²) in [5.41, 5.74) is 11.1. The van der Waals surface area contributed by atoms with Crippen LogP contribution in [0.4, 0.5) is 0 Å². The van der Waals surface area contributed by atoms with Crippen LogP contribution < -0.4 is 5.32 Å². The highest BCUT2D eigenvalue weighted by Gasteiger charge is 2.26. The van der Waals surface area contributed by atoms with Gasteiger partial charge in [-0.1, -0.05) is 195 Å². The Kier molecular flexibility index (Phi) is 10.3. The van der Waals surface area contributed by atoms with Crippen LogP contribution in [0.5, 0.6) is 5.75 Å². The molecule has 3 heteroatoms. The number of aliphatic imine (C=N–C) groups is 1. The van der Waals surface area contributed by atoms with Crippen molar-refractivity contribution in [3.05, 3.63) is 211 Å². The molecule has 1 aliphatic carbocycles. The molecule has 1 saturated carbocycles. The van der Waals surface area contributed by atoms with Crippen LogP contribution in [0.1, 0.15) is 36.8 Å².